The molecule has 2 N–H and O–H groups in total. The molecule has 0 aliphatic heterocycles. The van der Waals surface area contributed by atoms with E-state index in [0.717, 1.165) is 29.2 Å². The predicted molar refractivity (Wildman–Crippen MR) is 91.3 cm³/mol. The van der Waals surface area contributed by atoms with Crippen molar-refractivity contribution in [3.63, 3.8) is 0 Å². The Hall–Kier alpha value is -1.31. The van der Waals surface area contributed by atoms with Crippen LogP contribution in [0.1, 0.15) is 43.3 Å². The van der Waals surface area contributed by atoms with E-state index >= 15 is 0 Å². The van der Waals surface area contributed by atoms with Crippen LogP contribution in [0.3, 0.4) is 0 Å². The molecule has 0 aromatic carbocycles. The Kier molecular flexibility index (Phi) is 6.89. The number of hydrogen-bond acceptors (Lipinski definition) is 3. The molecule has 0 atom stereocenters. The Balaban J connectivity index is 1.69. The van der Waals surface area contributed by atoms with Gasteiger partial charge in [-0.05, 0) is 24.7 Å². The Bertz CT molecular complexity index is 534. The highest BCUT2D eigenvalue weighted by atomic mass is 32.1. The van der Waals surface area contributed by atoms with E-state index in [4.69, 9.17) is 0 Å². The topological polar surface area (TPSA) is 49.3 Å². The summed E-state index contributed by atoms with van der Waals surface area (Å²) in [7, 11) is 1.70. The highest BCUT2D eigenvalue weighted by molar-refractivity contribution is 7.09. The zero-order chi connectivity index (χ0) is 17.6. The normalized spacial score (nSPS) is 22.5. The van der Waals surface area contributed by atoms with Gasteiger partial charge in [-0.2, -0.15) is 13.2 Å². The molecule has 1 heterocycles. The quantitative estimate of drug-likeness (QED) is 0.620. The first-order valence-corrected chi connectivity index (χ1v) is 9.22. The Morgan fingerprint density at radius 1 is 1.29 bits per heavy atom. The van der Waals surface area contributed by atoms with E-state index in [1.54, 1.807) is 7.05 Å². The second-order valence-corrected chi connectivity index (χ2v) is 7.32. The van der Waals surface area contributed by atoms with Gasteiger partial charge in [0.15, 0.2) is 11.7 Å². The predicted octanol–water partition coefficient (Wildman–Crippen LogP) is 3.70. The Morgan fingerprint density at radius 3 is 2.58 bits per heavy atom. The fourth-order valence-corrected chi connectivity index (χ4v) is 3.64. The molecule has 136 valence electrons. The molecule has 0 unspecified atom stereocenters. The summed E-state index contributed by atoms with van der Waals surface area (Å²) in [5.41, 5.74) is -0.809. The molecule has 1 aliphatic carbocycles. The van der Waals surface area contributed by atoms with Crippen molar-refractivity contribution in [1.29, 1.82) is 0 Å². The molecule has 0 radical (unpaired) electrons. The van der Waals surface area contributed by atoms with Crippen molar-refractivity contribution in [2.24, 2.45) is 16.8 Å². The van der Waals surface area contributed by atoms with E-state index in [2.05, 4.69) is 27.5 Å². The third-order valence-electron chi connectivity index (χ3n) is 4.39. The van der Waals surface area contributed by atoms with Crippen LogP contribution in [-0.2, 0) is 12.6 Å². The third kappa shape index (κ3) is 5.96. The minimum absolute atomic E-state index is 0.447. The minimum atomic E-state index is -4.36. The largest absolute Gasteiger partial charge is 0.434 e. The number of thiazole rings is 1. The fourth-order valence-electron chi connectivity index (χ4n) is 2.84. The average Bonchev–Trinajstić information content (AvgIpc) is 3.01. The van der Waals surface area contributed by atoms with Crippen molar-refractivity contribution in [2.75, 3.05) is 20.1 Å². The average molecular weight is 362 g/mol. The van der Waals surface area contributed by atoms with Crippen LogP contribution in [0.4, 0.5) is 13.2 Å². The molecule has 1 saturated carbocycles. The molecule has 2 rings (SSSR count). The van der Waals surface area contributed by atoms with Crippen molar-refractivity contribution < 1.29 is 13.2 Å². The van der Waals surface area contributed by atoms with Gasteiger partial charge < -0.3 is 10.6 Å². The number of guanidine groups is 1. The van der Waals surface area contributed by atoms with Crippen LogP contribution in [-0.4, -0.2) is 31.1 Å². The summed E-state index contributed by atoms with van der Waals surface area (Å²) in [5.74, 6) is 2.20. The number of halogens is 3. The molecule has 24 heavy (non-hydrogen) atoms. The third-order valence-corrected chi connectivity index (χ3v) is 5.30. The summed E-state index contributed by atoms with van der Waals surface area (Å²) in [6.45, 7) is 3.70. The lowest BCUT2D eigenvalue weighted by Crippen LogP contribution is -2.41. The molecule has 0 bridgehead atoms. The van der Waals surface area contributed by atoms with Gasteiger partial charge in [0.05, 0.1) is 5.01 Å². The summed E-state index contributed by atoms with van der Waals surface area (Å²) in [6.07, 6.45) is 1.13. The molecule has 0 saturated heterocycles. The van der Waals surface area contributed by atoms with Crippen molar-refractivity contribution in [3.8, 4) is 0 Å². The van der Waals surface area contributed by atoms with Crippen LogP contribution in [0.5, 0.6) is 0 Å². The monoisotopic (exact) mass is 362 g/mol. The first-order chi connectivity index (χ1) is 11.4. The van der Waals surface area contributed by atoms with Gasteiger partial charge in [0.1, 0.15) is 0 Å². The number of aromatic nitrogens is 1. The van der Waals surface area contributed by atoms with Crippen LogP contribution in [0.25, 0.3) is 0 Å². The standard InChI is InChI=1S/C16H25F3N4S/c1-11-3-5-12(6-4-11)9-22-15(20-2)21-8-7-14-23-13(10-24-14)16(17,18)19/h10-12H,3-9H2,1-2H3,(H2,20,21,22). The Labute approximate surface area is 145 Å². The lowest BCUT2D eigenvalue weighted by Gasteiger charge is -2.26. The smallest absolute Gasteiger partial charge is 0.356 e. The van der Waals surface area contributed by atoms with Crippen molar-refractivity contribution in [3.05, 3.63) is 16.1 Å². The maximum Gasteiger partial charge on any atom is 0.434 e. The van der Waals surface area contributed by atoms with Crippen molar-refractivity contribution in [1.82, 2.24) is 15.6 Å². The number of rotatable bonds is 5. The summed E-state index contributed by atoms with van der Waals surface area (Å²) >= 11 is 1.04. The first kappa shape index (κ1) is 19.0. The lowest BCUT2D eigenvalue weighted by molar-refractivity contribution is -0.140. The van der Waals surface area contributed by atoms with E-state index in [-0.39, 0.29) is 0 Å². The maximum absolute atomic E-state index is 12.5. The van der Waals surface area contributed by atoms with Gasteiger partial charge in [-0.3, -0.25) is 4.99 Å². The number of nitrogens with zero attached hydrogens (tertiary/aromatic N) is 2. The fraction of sp³-hybridized carbons (Fsp3) is 0.750. The molecule has 0 amide bonds. The Morgan fingerprint density at radius 2 is 2.00 bits per heavy atom. The number of hydrogen-bond donors (Lipinski definition) is 2. The summed E-state index contributed by atoms with van der Waals surface area (Å²) in [6, 6.07) is 0. The number of alkyl halides is 3. The molecule has 1 aliphatic rings. The van der Waals surface area contributed by atoms with Crippen molar-refractivity contribution >= 4 is 17.3 Å². The minimum Gasteiger partial charge on any atom is -0.356 e. The van der Waals surface area contributed by atoms with Crippen molar-refractivity contribution in [2.45, 2.75) is 45.2 Å². The highest BCUT2D eigenvalue weighted by Gasteiger charge is 2.33. The van der Waals surface area contributed by atoms with Gasteiger partial charge in [0, 0.05) is 31.9 Å². The van der Waals surface area contributed by atoms with E-state index in [1.165, 1.54) is 25.7 Å². The van der Waals surface area contributed by atoms with Crippen LogP contribution in [0.2, 0.25) is 0 Å². The van der Waals surface area contributed by atoms with Crippen LogP contribution < -0.4 is 10.6 Å². The van der Waals surface area contributed by atoms with Gasteiger partial charge in [0.25, 0.3) is 0 Å². The summed E-state index contributed by atoms with van der Waals surface area (Å²) in [5, 5.41) is 7.99. The highest BCUT2D eigenvalue weighted by Crippen LogP contribution is 2.30. The second kappa shape index (κ2) is 8.69. The molecule has 0 spiro atoms. The summed E-state index contributed by atoms with van der Waals surface area (Å²) < 4.78 is 37.5. The first-order valence-electron chi connectivity index (χ1n) is 8.34. The van der Waals surface area contributed by atoms with Gasteiger partial charge in [0.2, 0.25) is 0 Å². The van der Waals surface area contributed by atoms with E-state index in [1.807, 2.05) is 0 Å². The lowest BCUT2D eigenvalue weighted by atomic mass is 9.83. The number of nitrogens with one attached hydrogen (secondary N) is 2. The molecular formula is C16H25F3N4S. The van der Waals surface area contributed by atoms with Gasteiger partial charge >= 0.3 is 6.18 Å². The molecule has 8 heteroatoms. The zero-order valence-corrected chi connectivity index (χ0v) is 14.9. The molecule has 1 fully saturated rings. The molecule has 4 nitrogen and oxygen atoms in total. The van der Waals surface area contributed by atoms with Gasteiger partial charge in [-0.1, -0.05) is 19.8 Å². The molecule has 1 aromatic rings. The molecular weight excluding hydrogens is 337 g/mol. The van der Waals surface area contributed by atoms with E-state index in [9.17, 15) is 13.2 Å². The van der Waals surface area contributed by atoms with Crippen LogP contribution >= 0.6 is 11.3 Å². The van der Waals surface area contributed by atoms with Crippen LogP contribution in [0.15, 0.2) is 10.4 Å². The van der Waals surface area contributed by atoms with Gasteiger partial charge in [-0.15, -0.1) is 11.3 Å². The molecule has 1 aromatic heterocycles. The van der Waals surface area contributed by atoms with E-state index < -0.39 is 11.9 Å². The van der Waals surface area contributed by atoms with Crippen LogP contribution in [0, 0.1) is 11.8 Å². The maximum atomic E-state index is 12.5. The SMILES string of the molecule is CN=C(NCCc1nc(C(F)(F)F)cs1)NCC1CCC(C)CC1. The summed E-state index contributed by atoms with van der Waals surface area (Å²) in [4.78, 5) is 7.78. The van der Waals surface area contributed by atoms with Gasteiger partial charge in [-0.25, -0.2) is 4.98 Å². The van der Waals surface area contributed by atoms with E-state index in [0.29, 0.717) is 29.9 Å². The zero-order valence-electron chi connectivity index (χ0n) is 14.1. The number of aliphatic imine (C=N–C) groups is 1. The second-order valence-electron chi connectivity index (χ2n) is 6.38.